The van der Waals surface area contributed by atoms with Crippen molar-refractivity contribution >= 4 is 23.3 Å². The third-order valence-corrected chi connectivity index (χ3v) is 8.49. The molecule has 12 nitrogen and oxygen atoms in total. The largest absolute Gasteiger partial charge is 0.438 e. The Kier molecular flexibility index (Phi) is 19.0. The number of nitro groups is 2. The summed E-state index contributed by atoms with van der Waals surface area (Å²) in [6.07, 6.45) is 10.7. The van der Waals surface area contributed by atoms with Crippen LogP contribution in [0.3, 0.4) is 0 Å². The van der Waals surface area contributed by atoms with Crippen molar-refractivity contribution in [2.45, 2.75) is 116 Å². The zero-order chi connectivity index (χ0) is 35.3. The first-order chi connectivity index (χ1) is 23.0. The fraction of sp³-hybridized carbons (Fsp3) is 0.611. The lowest BCUT2D eigenvalue weighted by Crippen LogP contribution is -2.42. The highest BCUT2D eigenvalue weighted by Gasteiger charge is 2.29. The maximum Gasteiger partial charge on any atom is 0.419 e. The number of ether oxygens (including phenoxy) is 2. The number of rotatable bonds is 24. The van der Waals surface area contributed by atoms with Crippen LogP contribution in [0.4, 0.5) is 11.4 Å². The van der Waals surface area contributed by atoms with Crippen molar-refractivity contribution in [1.29, 1.82) is 0 Å². The maximum atomic E-state index is 13.1. The highest BCUT2D eigenvalue weighted by molar-refractivity contribution is 6.29. The molecule has 0 spiro atoms. The molecule has 12 heteroatoms. The maximum absolute atomic E-state index is 13.1. The van der Waals surface area contributed by atoms with Gasteiger partial charge in [0.15, 0.2) is 12.5 Å². The van der Waals surface area contributed by atoms with E-state index in [0.29, 0.717) is 51.6 Å². The van der Waals surface area contributed by atoms with Crippen molar-refractivity contribution < 1.29 is 28.9 Å². The Bertz CT molecular complexity index is 1160. The van der Waals surface area contributed by atoms with Gasteiger partial charge in [-0.3, -0.25) is 30.0 Å². The minimum absolute atomic E-state index is 0.0344. The van der Waals surface area contributed by atoms with Crippen molar-refractivity contribution in [3.63, 3.8) is 0 Å². The fourth-order valence-corrected chi connectivity index (χ4v) is 5.48. The van der Waals surface area contributed by atoms with Gasteiger partial charge in [0, 0.05) is 37.4 Å². The molecule has 2 rings (SSSR count). The molecule has 48 heavy (non-hydrogen) atoms. The lowest BCUT2D eigenvalue weighted by molar-refractivity contribution is -0.385. The van der Waals surface area contributed by atoms with Crippen LogP contribution in [0.5, 0.6) is 0 Å². The van der Waals surface area contributed by atoms with Gasteiger partial charge in [-0.25, -0.2) is 9.59 Å². The van der Waals surface area contributed by atoms with E-state index in [1.54, 1.807) is 24.3 Å². The van der Waals surface area contributed by atoms with E-state index in [-0.39, 0.29) is 11.4 Å². The Morgan fingerprint density at radius 1 is 0.604 bits per heavy atom. The van der Waals surface area contributed by atoms with Crippen molar-refractivity contribution in [3.8, 4) is 0 Å². The normalized spacial score (nSPS) is 12.5. The summed E-state index contributed by atoms with van der Waals surface area (Å²) >= 11 is 0. The summed E-state index contributed by atoms with van der Waals surface area (Å²) in [6, 6.07) is 12.8. The first kappa shape index (κ1) is 40.3. The summed E-state index contributed by atoms with van der Waals surface area (Å²) in [5.74, 6) is -2.06. The Balaban J connectivity index is 2.04. The number of carbonyl (C=O) groups is 2. The number of aryl methyl sites for hydroxylation is 2. The van der Waals surface area contributed by atoms with E-state index in [1.807, 2.05) is 23.9 Å². The standard InChI is InChI=1S/C36H54N4O8/c1-5-7-9-11-27-37(3)33(17-13-15-29-19-23-31(24-20-29)39(43)44)47-35(41)36(42)48-34(38(4)28-12-10-8-6-2)18-14-16-30-21-25-32(26-22-30)40(45)46/h19-26,33-34H,5-18,27-28H2,1-4H3. The predicted octanol–water partition coefficient (Wildman–Crippen LogP) is 7.61. The summed E-state index contributed by atoms with van der Waals surface area (Å²) in [5, 5.41) is 22.0. The molecule has 0 saturated carbocycles. The van der Waals surface area contributed by atoms with Crippen molar-refractivity contribution in [2.24, 2.45) is 0 Å². The van der Waals surface area contributed by atoms with E-state index in [1.165, 1.54) is 24.3 Å². The summed E-state index contributed by atoms with van der Waals surface area (Å²) in [7, 11) is 3.76. The van der Waals surface area contributed by atoms with Gasteiger partial charge < -0.3 is 9.47 Å². The van der Waals surface area contributed by atoms with Crippen LogP contribution in [-0.4, -0.2) is 71.2 Å². The first-order valence-electron chi connectivity index (χ1n) is 17.3. The van der Waals surface area contributed by atoms with Gasteiger partial charge >= 0.3 is 11.9 Å². The van der Waals surface area contributed by atoms with E-state index in [0.717, 1.165) is 62.5 Å². The van der Waals surface area contributed by atoms with Crippen LogP contribution in [0, 0.1) is 20.2 Å². The van der Waals surface area contributed by atoms with Gasteiger partial charge in [0.25, 0.3) is 11.4 Å². The van der Waals surface area contributed by atoms with Gasteiger partial charge in [0.1, 0.15) is 0 Å². The van der Waals surface area contributed by atoms with Crippen molar-refractivity contribution in [3.05, 3.63) is 79.9 Å². The highest BCUT2D eigenvalue weighted by Crippen LogP contribution is 2.19. The molecule has 2 aromatic rings. The predicted molar refractivity (Wildman–Crippen MR) is 185 cm³/mol. The molecule has 0 amide bonds. The van der Waals surface area contributed by atoms with Crippen LogP contribution in [0.25, 0.3) is 0 Å². The van der Waals surface area contributed by atoms with Crippen LogP contribution in [-0.2, 0) is 31.9 Å². The van der Waals surface area contributed by atoms with Crippen LogP contribution in [0.15, 0.2) is 48.5 Å². The van der Waals surface area contributed by atoms with Gasteiger partial charge in [-0.1, -0.05) is 76.6 Å². The third-order valence-electron chi connectivity index (χ3n) is 8.49. The molecule has 2 atom stereocenters. The molecule has 0 aliphatic carbocycles. The van der Waals surface area contributed by atoms with Crippen LogP contribution < -0.4 is 0 Å². The molecule has 0 aromatic heterocycles. The number of unbranched alkanes of at least 4 members (excludes halogenated alkanes) is 6. The average Bonchev–Trinajstić information content (AvgIpc) is 3.07. The van der Waals surface area contributed by atoms with Gasteiger partial charge in [0.05, 0.1) is 9.85 Å². The average molecular weight is 671 g/mol. The molecule has 0 saturated heterocycles. The van der Waals surface area contributed by atoms with Gasteiger partial charge in [0.2, 0.25) is 0 Å². The molecule has 0 N–H and O–H groups in total. The second-order valence-corrected chi connectivity index (χ2v) is 12.4. The number of benzene rings is 2. The molecule has 0 bridgehead atoms. The van der Waals surface area contributed by atoms with Crippen molar-refractivity contribution in [1.82, 2.24) is 9.80 Å². The number of non-ortho nitro benzene ring substituents is 2. The van der Waals surface area contributed by atoms with Crippen LogP contribution >= 0.6 is 0 Å². The van der Waals surface area contributed by atoms with Gasteiger partial charge in [-0.05, 0) is 76.6 Å². The van der Waals surface area contributed by atoms with E-state index in [4.69, 9.17) is 9.47 Å². The monoisotopic (exact) mass is 670 g/mol. The molecule has 0 heterocycles. The summed E-state index contributed by atoms with van der Waals surface area (Å²) in [4.78, 5) is 51.3. The molecule has 0 aliphatic heterocycles. The van der Waals surface area contributed by atoms with Crippen LogP contribution in [0.1, 0.15) is 102 Å². The second kappa shape index (κ2) is 22.6. The van der Waals surface area contributed by atoms with E-state index in [9.17, 15) is 29.8 Å². The van der Waals surface area contributed by atoms with E-state index in [2.05, 4.69) is 13.8 Å². The number of hydrogen-bond donors (Lipinski definition) is 0. The third kappa shape index (κ3) is 15.3. The number of nitrogens with zero attached hydrogens (tertiary/aromatic N) is 4. The number of carbonyl (C=O) groups excluding carboxylic acids is 2. The summed E-state index contributed by atoms with van der Waals surface area (Å²) in [6.45, 7) is 5.69. The second-order valence-electron chi connectivity index (χ2n) is 12.4. The molecular formula is C36H54N4O8. The first-order valence-corrected chi connectivity index (χ1v) is 17.3. The molecule has 2 aromatic carbocycles. The Hall–Kier alpha value is -3.90. The zero-order valence-corrected chi connectivity index (χ0v) is 29.1. The number of nitro benzene ring substituents is 2. The number of hydrogen-bond acceptors (Lipinski definition) is 10. The molecule has 266 valence electrons. The minimum Gasteiger partial charge on any atom is -0.438 e. The topological polar surface area (TPSA) is 145 Å². The van der Waals surface area contributed by atoms with Gasteiger partial charge in [-0.15, -0.1) is 0 Å². The SMILES string of the molecule is CCCCCCN(C)C(CCCc1ccc([N+](=O)[O-])cc1)OC(=O)C(=O)OC(CCCc1ccc([N+](=O)[O-])cc1)N(C)CCCCCC. The van der Waals surface area contributed by atoms with Gasteiger partial charge in [-0.2, -0.15) is 0 Å². The van der Waals surface area contributed by atoms with E-state index < -0.39 is 34.2 Å². The minimum atomic E-state index is -1.03. The van der Waals surface area contributed by atoms with Crippen LogP contribution in [0.2, 0.25) is 0 Å². The molecule has 0 fully saturated rings. The quantitative estimate of drug-likeness (QED) is 0.0273. The molecule has 0 radical (unpaired) electrons. The Morgan fingerprint density at radius 2 is 0.958 bits per heavy atom. The van der Waals surface area contributed by atoms with E-state index >= 15 is 0 Å². The summed E-state index contributed by atoms with van der Waals surface area (Å²) in [5.41, 5.74) is 1.95. The molecule has 2 unspecified atom stereocenters. The highest BCUT2D eigenvalue weighted by atomic mass is 16.6. The molecule has 0 aliphatic rings. The Labute approximate surface area is 285 Å². The smallest absolute Gasteiger partial charge is 0.419 e. The lowest BCUT2D eigenvalue weighted by Gasteiger charge is -2.29. The lowest BCUT2D eigenvalue weighted by atomic mass is 10.1. The number of esters is 2. The van der Waals surface area contributed by atoms with Crippen molar-refractivity contribution in [2.75, 3.05) is 27.2 Å². The molecular weight excluding hydrogens is 616 g/mol. The zero-order valence-electron chi connectivity index (χ0n) is 29.1. The Morgan fingerprint density at radius 3 is 1.27 bits per heavy atom. The summed E-state index contributed by atoms with van der Waals surface area (Å²) < 4.78 is 11.5. The fourth-order valence-electron chi connectivity index (χ4n) is 5.48.